The first-order valence-corrected chi connectivity index (χ1v) is 13.0. The molecule has 2 aliphatic heterocycles. The number of likely N-dealkylation sites (tertiary alicyclic amines) is 1. The van der Waals surface area contributed by atoms with Crippen molar-refractivity contribution in [2.45, 2.75) is 52.3 Å². The van der Waals surface area contributed by atoms with Gasteiger partial charge in [-0.3, -0.25) is 14.5 Å². The molecule has 2 aromatic rings. The summed E-state index contributed by atoms with van der Waals surface area (Å²) < 4.78 is 5.43. The molecule has 0 saturated carbocycles. The van der Waals surface area contributed by atoms with E-state index in [1.165, 1.54) is 11.3 Å². The highest BCUT2D eigenvalue weighted by Gasteiger charge is 2.31. The molecule has 0 unspecified atom stereocenters. The van der Waals surface area contributed by atoms with Crippen LogP contribution in [0.2, 0.25) is 0 Å². The summed E-state index contributed by atoms with van der Waals surface area (Å²) in [6.07, 6.45) is 2.00. The second-order valence-electron chi connectivity index (χ2n) is 9.35. The van der Waals surface area contributed by atoms with Gasteiger partial charge in [0.05, 0.1) is 17.4 Å². The average molecular weight is 486 g/mol. The predicted octanol–water partition coefficient (Wildman–Crippen LogP) is 3.60. The van der Waals surface area contributed by atoms with Gasteiger partial charge < -0.3 is 20.3 Å². The van der Waals surface area contributed by atoms with E-state index in [1.54, 1.807) is 12.5 Å². The van der Waals surface area contributed by atoms with Gasteiger partial charge in [-0.15, -0.1) is 11.3 Å². The number of hydrogen-bond donors (Lipinski definition) is 2. The molecule has 1 aromatic carbocycles. The summed E-state index contributed by atoms with van der Waals surface area (Å²) in [6, 6.07) is 6.26. The molecule has 0 bridgehead atoms. The summed E-state index contributed by atoms with van der Waals surface area (Å²) >= 11 is 1.45. The largest absolute Gasteiger partial charge is 0.380 e. The molecule has 2 aliphatic rings. The number of anilines is 2. The van der Waals surface area contributed by atoms with Crippen molar-refractivity contribution in [3.8, 4) is 0 Å². The Kier molecular flexibility index (Phi) is 7.85. The van der Waals surface area contributed by atoms with Crippen molar-refractivity contribution in [1.29, 1.82) is 0 Å². The molecule has 8 nitrogen and oxygen atoms in total. The maximum absolute atomic E-state index is 13.0. The Hall–Kier alpha value is -2.49. The molecule has 0 aliphatic carbocycles. The van der Waals surface area contributed by atoms with Crippen molar-refractivity contribution >= 4 is 34.0 Å². The standard InChI is InChI=1S/C25H35N5O3S/c1-5-9-26-23(31)20-11-18(13-30-12-16(2)17(30)3)6-7-21(20)27-24(32)22-15-34-25(28-22)29-10-8-19(14-29)33-4/h6-7,11,15-17,19H,5,8-10,12-14H2,1-4H3,(H,26,31)(H,27,32)/t16-,17+,19-/m0/s1. The van der Waals surface area contributed by atoms with Crippen molar-refractivity contribution in [3.05, 3.63) is 40.4 Å². The molecular weight excluding hydrogens is 450 g/mol. The molecule has 0 radical (unpaired) electrons. The highest BCUT2D eigenvalue weighted by molar-refractivity contribution is 7.14. The second-order valence-corrected chi connectivity index (χ2v) is 10.2. The minimum absolute atomic E-state index is 0.175. The summed E-state index contributed by atoms with van der Waals surface area (Å²) in [5, 5.41) is 8.45. The van der Waals surface area contributed by atoms with Crippen molar-refractivity contribution in [2.75, 3.05) is 43.5 Å². The van der Waals surface area contributed by atoms with Gasteiger partial charge in [0.1, 0.15) is 5.69 Å². The number of carbonyl (C=O) groups is 2. The number of methoxy groups -OCH3 is 1. The summed E-state index contributed by atoms with van der Waals surface area (Å²) in [4.78, 5) is 35.0. The van der Waals surface area contributed by atoms with E-state index < -0.39 is 0 Å². The van der Waals surface area contributed by atoms with E-state index in [1.807, 2.05) is 25.1 Å². The normalized spacial score (nSPS) is 22.5. The third kappa shape index (κ3) is 5.42. The van der Waals surface area contributed by atoms with Crippen molar-refractivity contribution in [2.24, 2.45) is 5.92 Å². The molecule has 4 rings (SSSR count). The Morgan fingerprint density at radius 1 is 1.24 bits per heavy atom. The lowest BCUT2D eigenvalue weighted by Gasteiger charge is -2.45. The number of carbonyl (C=O) groups excluding carboxylic acids is 2. The molecule has 9 heteroatoms. The van der Waals surface area contributed by atoms with Crippen LogP contribution in [0.3, 0.4) is 0 Å². The van der Waals surface area contributed by atoms with E-state index in [-0.39, 0.29) is 17.9 Å². The highest BCUT2D eigenvalue weighted by atomic mass is 32.1. The molecule has 1 aromatic heterocycles. The van der Waals surface area contributed by atoms with Gasteiger partial charge in [0.25, 0.3) is 11.8 Å². The molecule has 2 amide bonds. The Bertz CT molecular complexity index is 1030. The van der Waals surface area contributed by atoms with Crippen LogP contribution in [0.25, 0.3) is 0 Å². The van der Waals surface area contributed by atoms with Gasteiger partial charge >= 0.3 is 0 Å². The summed E-state index contributed by atoms with van der Waals surface area (Å²) in [5.74, 6) is 0.202. The molecule has 3 atom stereocenters. The lowest BCUT2D eigenvalue weighted by atomic mass is 9.91. The molecule has 3 heterocycles. The van der Waals surface area contributed by atoms with E-state index in [9.17, 15) is 9.59 Å². The Morgan fingerprint density at radius 2 is 2.06 bits per heavy atom. The van der Waals surface area contributed by atoms with Crippen LogP contribution in [-0.4, -0.2) is 67.1 Å². The van der Waals surface area contributed by atoms with Gasteiger partial charge in [-0.05, 0) is 43.4 Å². The number of nitrogens with one attached hydrogen (secondary N) is 2. The molecular formula is C25H35N5O3S. The van der Waals surface area contributed by atoms with Gasteiger partial charge in [0.15, 0.2) is 5.13 Å². The fraction of sp³-hybridized carbons (Fsp3) is 0.560. The third-order valence-corrected chi connectivity index (χ3v) is 7.79. The maximum Gasteiger partial charge on any atom is 0.275 e. The quantitative estimate of drug-likeness (QED) is 0.564. The van der Waals surface area contributed by atoms with E-state index >= 15 is 0 Å². The third-order valence-electron chi connectivity index (χ3n) is 6.89. The Morgan fingerprint density at radius 3 is 2.74 bits per heavy atom. The zero-order valence-electron chi connectivity index (χ0n) is 20.5. The van der Waals surface area contributed by atoms with Gasteiger partial charge in [0, 0.05) is 51.3 Å². The molecule has 2 saturated heterocycles. The van der Waals surface area contributed by atoms with Gasteiger partial charge in [-0.25, -0.2) is 4.98 Å². The van der Waals surface area contributed by atoms with Crippen LogP contribution in [0.5, 0.6) is 0 Å². The van der Waals surface area contributed by atoms with Crippen molar-refractivity contribution in [1.82, 2.24) is 15.2 Å². The number of benzene rings is 1. The molecule has 2 N–H and O–H groups in total. The van der Waals surface area contributed by atoms with Crippen LogP contribution < -0.4 is 15.5 Å². The average Bonchev–Trinajstić information content (AvgIpc) is 3.52. The van der Waals surface area contributed by atoms with Crippen molar-refractivity contribution < 1.29 is 14.3 Å². The topological polar surface area (TPSA) is 86.8 Å². The van der Waals surface area contributed by atoms with Crippen LogP contribution >= 0.6 is 11.3 Å². The lowest BCUT2D eigenvalue weighted by molar-refractivity contribution is 0.0306. The van der Waals surface area contributed by atoms with Gasteiger partial charge in [-0.2, -0.15) is 0 Å². The first-order valence-electron chi connectivity index (χ1n) is 12.1. The fourth-order valence-electron chi connectivity index (χ4n) is 4.47. The van der Waals surface area contributed by atoms with Gasteiger partial charge in [-0.1, -0.05) is 19.9 Å². The van der Waals surface area contributed by atoms with E-state index in [0.717, 1.165) is 49.7 Å². The second kappa shape index (κ2) is 10.8. The van der Waals surface area contributed by atoms with Crippen LogP contribution in [0.15, 0.2) is 23.6 Å². The lowest BCUT2D eigenvalue weighted by Crippen LogP contribution is -2.52. The number of aromatic nitrogens is 1. The van der Waals surface area contributed by atoms with E-state index in [0.29, 0.717) is 35.4 Å². The SMILES string of the molecule is CCCNC(=O)c1cc(CN2C[C@H](C)[C@H]2C)ccc1NC(=O)c1csc(N2CC[C@H](OC)C2)n1. The minimum Gasteiger partial charge on any atom is -0.380 e. The summed E-state index contributed by atoms with van der Waals surface area (Å²) in [5.41, 5.74) is 2.41. The molecule has 184 valence electrons. The van der Waals surface area contributed by atoms with E-state index in [4.69, 9.17) is 4.74 Å². The number of amides is 2. The Balaban J connectivity index is 1.48. The predicted molar refractivity (Wildman–Crippen MR) is 136 cm³/mol. The number of ether oxygens (including phenoxy) is 1. The number of thiazole rings is 1. The maximum atomic E-state index is 13.0. The first-order chi connectivity index (χ1) is 16.4. The Labute approximate surface area is 205 Å². The fourth-order valence-corrected chi connectivity index (χ4v) is 5.31. The van der Waals surface area contributed by atoms with Crippen molar-refractivity contribution in [3.63, 3.8) is 0 Å². The first kappa shape index (κ1) is 24.6. The monoisotopic (exact) mass is 485 g/mol. The van der Waals surface area contributed by atoms with Gasteiger partial charge in [0.2, 0.25) is 0 Å². The zero-order valence-corrected chi connectivity index (χ0v) is 21.3. The van der Waals surface area contributed by atoms with Crippen LogP contribution in [-0.2, 0) is 11.3 Å². The van der Waals surface area contributed by atoms with E-state index in [2.05, 4.69) is 39.3 Å². The number of hydrogen-bond acceptors (Lipinski definition) is 7. The van der Waals surface area contributed by atoms with Crippen LogP contribution in [0.1, 0.15) is 60.0 Å². The highest BCUT2D eigenvalue weighted by Crippen LogP contribution is 2.28. The summed E-state index contributed by atoms with van der Waals surface area (Å²) in [6.45, 7) is 10.6. The number of nitrogens with zero attached hydrogens (tertiary/aromatic N) is 3. The van der Waals surface area contributed by atoms with Crippen LogP contribution in [0, 0.1) is 5.92 Å². The number of rotatable bonds is 9. The smallest absolute Gasteiger partial charge is 0.275 e. The van der Waals surface area contributed by atoms with Crippen LogP contribution in [0.4, 0.5) is 10.8 Å². The zero-order chi connectivity index (χ0) is 24.2. The molecule has 0 spiro atoms. The summed E-state index contributed by atoms with van der Waals surface area (Å²) in [7, 11) is 1.72. The minimum atomic E-state index is -0.313. The molecule has 34 heavy (non-hydrogen) atoms. The molecule has 2 fully saturated rings.